The highest BCUT2D eigenvalue weighted by atomic mass is 16.6. The van der Waals surface area contributed by atoms with Gasteiger partial charge in [0.15, 0.2) is 0 Å². The number of nitriles is 1. The fourth-order valence-electron chi connectivity index (χ4n) is 4.63. The third-order valence-electron chi connectivity index (χ3n) is 7.52. The highest BCUT2D eigenvalue weighted by molar-refractivity contribution is 5.68. The van der Waals surface area contributed by atoms with Crippen LogP contribution >= 0.6 is 0 Å². The number of benzene rings is 3. The Balaban J connectivity index is 1.61. The van der Waals surface area contributed by atoms with Gasteiger partial charge in [0.05, 0.1) is 18.5 Å². The number of rotatable bonds is 19. The molecule has 3 N–H and O–H groups in total. The highest BCUT2D eigenvalue weighted by Gasteiger charge is 2.34. The molecule has 3 aromatic rings. The number of hydrogen-bond acceptors (Lipinski definition) is 12. The van der Waals surface area contributed by atoms with Gasteiger partial charge in [-0.3, -0.25) is 0 Å². The number of nitrogens with zero attached hydrogens (tertiary/aromatic N) is 3. The lowest BCUT2D eigenvalue weighted by Crippen LogP contribution is -2.42. The average molecular weight is 699 g/mol. The van der Waals surface area contributed by atoms with E-state index in [0.29, 0.717) is 6.42 Å². The van der Waals surface area contributed by atoms with Crippen molar-refractivity contribution in [3.8, 4) is 6.26 Å². The molecule has 0 aliphatic rings. The molecule has 0 spiro atoms. The first-order valence-electron chi connectivity index (χ1n) is 15.8. The van der Waals surface area contributed by atoms with Crippen LogP contribution in [-0.2, 0) is 67.9 Å². The summed E-state index contributed by atoms with van der Waals surface area (Å²) in [5, 5.41) is 16.6. The van der Waals surface area contributed by atoms with Crippen LogP contribution in [0, 0.1) is 16.9 Å². The van der Waals surface area contributed by atoms with Gasteiger partial charge in [-0.1, -0.05) is 79.7 Å². The molecule has 51 heavy (non-hydrogen) atoms. The summed E-state index contributed by atoms with van der Waals surface area (Å²) in [6.07, 6.45) is 2.63. The topological polar surface area (TPSA) is 207 Å². The van der Waals surface area contributed by atoms with Crippen LogP contribution in [0.25, 0.3) is 0 Å². The molecule has 0 saturated carbocycles. The van der Waals surface area contributed by atoms with E-state index in [9.17, 15) is 24.0 Å². The second-order valence-electron chi connectivity index (χ2n) is 11.3. The van der Waals surface area contributed by atoms with E-state index in [4.69, 9.17) is 24.2 Å². The van der Waals surface area contributed by atoms with Crippen LogP contribution in [0.5, 0.6) is 0 Å². The Kier molecular flexibility index (Phi) is 16.4. The summed E-state index contributed by atoms with van der Waals surface area (Å²) in [7, 11) is 0. The van der Waals surface area contributed by atoms with Gasteiger partial charge in [0, 0.05) is 19.6 Å². The summed E-state index contributed by atoms with van der Waals surface area (Å²) in [6, 6.07) is 21.4. The molecule has 0 bridgehead atoms. The molecule has 3 rings (SSSR count). The van der Waals surface area contributed by atoms with Crippen molar-refractivity contribution in [2.24, 2.45) is 15.4 Å². The Hall–Kier alpha value is -6.48. The molecule has 0 atom stereocenters. The summed E-state index contributed by atoms with van der Waals surface area (Å²) in [5.74, 6) is 0. The van der Waals surface area contributed by atoms with Gasteiger partial charge in [0.25, 0.3) is 6.26 Å². The molecule has 0 aliphatic heterocycles. The lowest BCUT2D eigenvalue weighted by Gasteiger charge is -2.31. The zero-order chi connectivity index (χ0) is 36.7. The average Bonchev–Trinajstić information content (AvgIpc) is 3.16. The Morgan fingerprint density at radius 2 is 1.02 bits per heavy atom. The minimum atomic E-state index is -1.11. The van der Waals surface area contributed by atoms with Gasteiger partial charge in [0.1, 0.15) is 26.4 Å². The number of nitrogens with one attached hydrogen (secondary N) is 3. The predicted molar refractivity (Wildman–Crippen MR) is 181 cm³/mol. The van der Waals surface area contributed by atoms with Crippen LogP contribution in [-0.4, -0.2) is 50.3 Å². The van der Waals surface area contributed by atoms with E-state index in [1.54, 1.807) is 86.0 Å². The molecule has 0 saturated heterocycles. The van der Waals surface area contributed by atoms with Gasteiger partial charge in [0.2, 0.25) is 12.2 Å². The smallest absolute Gasteiger partial charge is 0.407 e. The highest BCUT2D eigenvalue weighted by Crippen LogP contribution is 2.25. The monoisotopic (exact) mass is 698 g/mol. The SMILES string of the molecule is CCC(COC(=O)NCc1cccc(CN=C=O)c1)(COC(=O)NCc1cccc(CN=C=O)c1)COC(=O)NCc1cccc(COC#N)c1. The van der Waals surface area contributed by atoms with Crippen molar-refractivity contribution in [2.45, 2.75) is 52.7 Å². The normalized spacial score (nSPS) is 11.2. The molecule has 0 radical (unpaired) electrons. The maximum absolute atomic E-state index is 12.7. The Morgan fingerprint density at radius 1 is 0.647 bits per heavy atom. The molecule has 0 heterocycles. The van der Waals surface area contributed by atoms with Crippen LogP contribution in [0.3, 0.4) is 0 Å². The molecule has 0 aromatic heterocycles. The summed E-state index contributed by atoms with van der Waals surface area (Å²) >= 11 is 0. The van der Waals surface area contributed by atoms with E-state index in [0.717, 1.165) is 33.4 Å². The first-order chi connectivity index (χ1) is 24.8. The number of ether oxygens (including phenoxy) is 4. The molecule has 15 heteroatoms. The van der Waals surface area contributed by atoms with E-state index < -0.39 is 23.7 Å². The van der Waals surface area contributed by atoms with Gasteiger partial charge in [-0.2, -0.15) is 5.26 Å². The molecule has 3 aromatic carbocycles. The van der Waals surface area contributed by atoms with Gasteiger partial charge in [-0.15, -0.1) is 0 Å². The van der Waals surface area contributed by atoms with E-state index >= 15 is 0 Å². The quantitative estimate of drug-likeness (QED) is 0.0672. The number of carbonyl (C=O) groups is 3. The lowest BCUT2D eigenvalue weighted by molar-refractivity contribution is -0.0177. The molecule has 0 aliphatic carbocycles. The third-order valence-corrected chi connectivity index (χ3v) is 7.52. The van der Waals surface area contributed by atoms with Crippen LogP contribution in [0.4, 0.5) is 14.4 Å². The molecule has 15 nitrogen and oxygen atoms in total. The van der Waals surface area contributed by atoms with E-state index in [1.807, 2.05) is 0 Å². The molecule has 266 valence electrons. The van der Waals surface area contributed by atoms with E-state index in [2.05, 4.69) is 25.9 Å². The van der Waals surface area contributed by atoms with Crippen molar-refractivity contribution in [2.75, 3.05) is 19.8 Å². The molecule has 0 fully saturated rings. The molecular formula is C36H38N6O9. The second kappa shape index (κ2) is 21.5. The van der Waals surface area contributed by atoms with Crippen molar-refractivity contribution in [1.29, 1.82) is 5.26 Å². The number of aliphatic imine (C=N–C) groups is 2. The summed E-state index contributed by atoms with van der Waals surface area (Å²) in [5.41, 5.74) is 3.41. The summed E-state index contributed by atoms with van der Waals surface area (Å²) in [6.45, 7) is 1.80. The maximum Gasteiger partial charge on any atom is 0.407 e. The zero-order valence-corrected chi connectivity index (χ0v) is 28.0. The lowest BCUT2D eigenvalue weighted by atomic mass is 9.88. The van der Waals surface area contributed by atoms with Gasteiger partial charge in [-0.05, 0) is 39.8 Å². The van der Waals surface area contributed by atoms with Crippen LogP contribution in [0.15, 0.2) is 82.8 Å². The van der Waals surface area contributed by atoms with Gasteiger partial charge < -0.3 is 34.9 Å². The third kappa shape index (κ3) is 14.7. The standard InChI is InChI=1S/C36H38N6O9/c1-2-36(21-49-33(45)40-17-29-8-3-6-27(12-29)15-38-25-43,22-50-34(46)41-18-30-9-4-7-28(13-30)16-39-26-44)23-51-35(47)42-19-31-10-5-11-32(14-31)20-48-24-37/h3-14H,2,15-23H2,1H3,(H,40,45)(H,41,46)(H,42,47). The molecule has 0 unspecified atom stereocenters. The van der Waals surface area contributed by atoms with Crippen molar-refractivity contribution in [3.63, 3.8) is 0 Å². The van der Waals surface area contributed by atoms with Crippen LogP contribution < -0.4 is 16.0 Å². The second-order valence-corrected chi connectivity index (χ2v) is 11.3. The minimum Gasteiger partial charge on any atom is -0.449 e. The largest absolute Gasteiger partial charge is 0.449 e. The predicted octanol–water partition coefficient (Wildman–Crippen LogP) is 4.83. The van der Waals surface area contributed by atoms with Crippen molar-refractivity contribution < 1.29 is 42.9 Å². The zero-order valence-electron chi connectivity index (χ0n) is 28.0. The van der Waals surface area contributed by atoms with E-state index in [1.165, 1.54) is 12.2 Å². The summed E-state index contributed by atoms with van der Waals surface area (Å²) in [4.78, 5) is 66.1. The van der Waals surface area contributed by atoms with Gasteiger partial charge >= 0.3 is 18.3 Å². The summed E-state index contributed by atoms with van der Waals surface area (Å²) < 4.78 is 21.3. The Morgan fingerprint density at radius 3 is 1.39 bits per heavy atom. The van der Waals surface area contributed by atoms with Gasteiger partial charge in [-0.25, -0.2) is 34.0 Å². The minimum absolute atomic E-state index is 0.0979. The Labute approximate surface area is 294 Å². The number of carbonyl (C=O) groups excluding carboxylic acids is 5. The number of isocyanates is 2. The van der Waals surface area contributed by atoms with Crippen LogP contribution in [0.2, 0.25) is 0 Å². The first-order valence-corrected chi connectivity index (χ1v) is 15.8. The fourth-order valence-corrected chi connectivity index (χ4v) is 4.63. The Bertz CT molecular complexity index is 1680. The number of alkyl carbamates (subject to hydrolysis) is 3. The molecule has 3 amide bonds. The first kappa shape index (κ1) is 39.0. The van der Waals surface area contributed by atoms with Crippen molar-refractivity contribution >= 4 is 30.4 Å². The fraction of sp³-hybridized carbons (Fsp3) is 0.333. The number of hydrogen-bond donors (Lipinski definition) is 3. The van der Waals surface area contributed by atoms with E-state index in [-0.39, 0.29) is 59.2 Å². The van der Waals surface area contributed by atoms with Crippen LogP contribution in [0.1, 0.15) is 46.7 Å². The number of amides is 3. The molecular weight excluding hydrogens is 660 g/mol. The van der Waals surface area contributed by atoms with Crippen molar-refractivity contribution in [3.05, 3.63) is 106 Å². The van der Waals surface area contributed by atoms with Crippen molar-refractivity contribution in [1.82, 2.24) is 16.0 Å². The maximum atomic E-state index is 12.7.